The number of aryl methyl sites for hydroxylation is 3. The summed E-state index contributed by atoms with van der Waals surface area (Å²) in [4.78, 5) is 14.8. The van der Waals surface area contributed by atoms with Crippen LogP contribution in [0.2, 0.25) is 0 Å². The Morgan fingerprint density at radius 3 is 2.39 bits per heavy atom. The number of hydrogen-bond donors (Lipinski definition) is 1. The molecule has 0 aliphatic heterocycles. The first-order valence-electron chi connectivity index (χ1n) is 9.07. The van der Waals surface area contributed by atoms with Crippen LogP contribution in [0.3, 0.4) is 0 Å². The first kappa shape index (κ1) is 23.7. The van der Waals surface area contributed by atoms with E-state index < -0.39 is 0 Å². The van der Waals surface area contributed by atoms with Gasteiger partial charge in [0.1, 0.15) is 0 Å². The number of aliphatic hydroxyl groups excluding tert-OH is 1. The van der Waals surface area contributed by atoms with Gasteiger partial charge in [-0.15, -0.1) is 34.9 Å². The number of rotatable bonds is 3. The number of carbonyl (C=O) groups is 1. The number of carbonyl (C=O) groups excluding carboxylic acids is 1. The average Bonchev–Trinajstić information content (AvgIpc) is 2.59. The molecule has 0 spiro atoms. The number of pyridine rings is 1. The monoisotopic (exact) mass is 553 g/mol. The van der Waals surface area contributed by atoms with Gasteiger partial charge >= 0.3 is 0 Å². The Hall–Kier alpha value is -2.29. The first-order chi connectivity index (χ1) is 12.8. The molecule has 2 aromatic carbocycles. The van der Waals surface area contributed by atoms with E-state index in [-0.39, 0.29) is 31.6 Å². The number of fused-ring (bicyclic) bond motifs is 1. The van der Waals surface area contributed by atoms with E-state index in [0.717, 1.165) is 28.8 Å². The molecule has 1 radical (unpaired) electrons. The van der Waals surface area contributed by atoms with E-state index in [1.54, 1.807) is 0 Å². The minimum atomic E-state index is -0.125. The molecule has 28 heavy (non-hydrogen) atoms. The summed E-state index contributed by atoms with van der Waals surface area (Å²) in [5.41, 5.74) is 6.90. The Morgan fingerprint density at radius 1 is 1.14 bits per heavy atom. The van der Waals surface area contributed by atoms with E-state index in [1.807, 2.05) is 0 Å². The van der Waals surface area contributed by atoms with Crippen molar-refractivity contribution in [1.29, 1.82) is 0 Å². The minimum Gasteiger partial charge on any atom is -0.512 e. The van der Waals surface area contributed by atoms with E-state index in [4.69, 9.17) is 10.1 Å². The van der Waals surface area contributed by atoms with Crippen molar-refractivity contribution in [2.24, 2.45) is 0 Å². The smallest absolute Gasteiger partial charge is 0.155 e. The molecule has 3 rings (SSSR count). The van der Waals surface area contributed by atoms with E-state index in [0.29, 0.717) is 0 Å². The molecule has 1 N–H and O–H groups in total. The Kier molecular flexibility index (Phi) is 9.24. The molecule has 1 aromatic heterocycles. The number of aromatic nitrogens is 1. The van der Waals surface area contributed by atoms with Crippen molar-refractivity contribution < 1.29 is 30.0 Å². The van der Waals surface area contributed by atoms with E-state index in [1.165, 1.54) is 36.4 Å². The zero-order chi connectivity index (χ0) is 20.0. The summed E-state index contributed by atoms with van der Waals surface area (Å²) in [5, 5.41) is 9.62. The van der Waals surface area contributed by atoms with Gasteiger partial charge in [0.2, 0.25) is 0 Å². The van der Waals surface area contributed by atoms with Crippen LogP contribution in [-0.4, -0.2) is 15.9 Å². The fourth-order valence-electron chi connectivity index (χ4n) is 3.00. The third-order valence-electron chi connectivity index (χ3n) is 4.04. The number of allylic oxidation sites excluding steroid dienone is 2. The van der Waals surface area contributed by atoms with Crippen LogP contribution in [0.1, 0.15) is 37.5 Å². The Labute approximate surface area is 180 Å². The topological polar surface area (TPSA) is 50.2 Å². The van der Waals surface area contributed by atoms with Gasteiger partial charge in [0.15, 0.2) is 5.78 Å². The van der Waals surface area contributed by atoms with Crippen molar-refractivity contribution in [3.05, 3.63) is 77.1 Å². The maximum absolute atomic E-state index is 10.0. The SMILES string of the molecule is CC(=O)/C=C(/C)O.CCc1cccc2nc(-c3[c-]c(C)cc(C)c3)ccc12.[Ir]. The molecule has 0 saturated heterocycles. The summed E-state index contributed by atoms with van der Waals surface area (Å²) in [6, 6.07) is 18.3. The predicted octanol–water partition coefficient (Wildman–Crippen LogP) is 5.92. The standard InChI is InChI=1S/C19H18N.C5H8O2.Ir/c1-4-15-6-5-7-19-17(15)8-9-18(20-19)16-11-13(2)10-14(3)12-16;1-4(6)3-5(2)7;/h5-11H,4H2,1-3H3;3,6H,1-2H3;/q-1;;/b;4-3-;. The second-order valence-electron chi connectivity index (χ2n) is 6.68. The molecule has 0 amide bonds. The van der Waals surface area contributed by atoms with Gasteiger partial charge in [-0.1, -0.05) is 45.0 Å². The second-order valence-corrected chi connectivity index (χ2v) is 6.68. The maximum Gasteiger partial charge on any atom is 0.155 e. The number of aliphatic hydroxyl groups is 1. The third-order valence-corrected chi connectivity index (χ3v) is 4.04. The summed E-state index contributed by atoms with van der Waals surface area (Å²) in [7, 11) is 0. The molecule has 1 heterocycles. The van der Waals surface area contributed by atoms with Crippen LogP contribution in [0.15, 0.2) is 54.3 Å². The van der Waals surface area contributed by atoms with Gasteiger partial charge in [-0.3, -0.25) is 9.78 Å². The van der Waals surface area contributed by atoms with E-state index in [9.17, 15) is 4.79 Å². The van der Waals surface area contributed by atoms with Gasteiger partial charge in [-0.05, 0) is 37.6 Å². The molecule has 0 saturated carbocycles. The van der Waals surface area contributed by atoms with Crippen molar-refractivity contribution in [2.45, 2.75) is 41.0 Å². The number of hydrogen-bond acceptors (Lipinski definition) is 3. The van der Waals surface area contributed by atoms with Crippen LogP contribution in [0.5, 0.6) is 0 Å². The quantitative estimate of drug-likeness (QED) is 0.250. The van der Waals surface area contributed by atoms with Gasteiger partial charge in [0.25, 0.3) is 0 Å². The van der Waals surface area contributed by atoms with E-state index >= 15 is 0 Å². The zero-order valence-electron chi connectivity index (χ0n) is 17.0. The molecule has 0 aliphatic carbocycles. The molecule has 4 heteroatoms. The van der Waals surface area contributed by atoms with Gasteiger partial charge in [-0.25, -0.2) is 0 Å². The van der Waals surface area contributed by atoms with Crippen LogP contribution in [-0.2, 0) is 31.3 Å². The van der Waals surface area contributed by atoms with Crippen molar-refractivity contribution in [2.75, 3.05) is 0 Å². The number of nitrogens with zero attached hydrogens (tertiary/aromatic N) is 1. The maximum atomic E-state index is 10.0. The molecule has 3 aromatic rings. The Bertz CT molecular complexity index is 969. The molecule has 0 bridgehead atoms. The van der Waals surface area contributed by atoms with E-state index in [2.05, 4.69) is 69.3 Å². The summed E-state index contributed by atoms with van der Waals surface area (Å²) < 4.78 is 0. The summed E-state index contributed by atoms with van der Waals surface area (Å²) in [6.07, 6.45) is 2.20. The van der Waals surface area contributed by atoms with Gasteiger partial charge in [-0.2, -0.15) is 0 Å². The van der Waals surface area contributed by atoms with Crippen LogP contribution < -0.4 is 0 Å². The summed E-state index contributed by atoms with van der Waals surface area (Å²) in [6.45, 7) is 9.22. The molecule has 0 aliphatic rings. The fourth-order valence-corrected chi connectivity index (χ4v) is 3.00. The Morgan fingerprint density at radius 2 is 1.86 bits per heavy atom. The van der Waals surface area contributed by atoms with Gasteiger partial charge < -0.3 is 5.11 Å². The summed E-state index contributed by atoms with van der Waals surface area (Å²) in [5.74, 6) is -0.0625. The normalized spacial score (nSPS) is 10.7. The average molecular weight is 553 g/mol. The number of ketones is 1. The molecule has 149 valence electrons. The third kappa shape index (κ3) is 6.70. The van der Waals surface area contributed by atoms with Crippen LogP contribution >= 0.6 is 0 Å². The molecular formula is C24H26IrNO2-. The minimum absolute atomic E-state index is 0. The van der Waals surface area contributed by atoms with Crippen molar-refractivity contribution in [3.63, 3.8) is 0 Å². The van der Waals surface area contributed by atoms with Crippen LogP contribution in [0.4, 0.5) is 0 Å². The second kappa shape index (κ2) is 10.9. The van der Waals surface area contributed by atoms with Crippen molar-refractivity contribution >= 4 is 16.7 Å². The Balaban J connectivity index is 0.000000425. The van der Waals surface area contributed by atoms with Crippen molar-refractivity contribution in [3.8, 4) is 11.3 Å². The molecule has 0 fully saturated rings. The summed E-state index contributed by atoms with van der Waals surface area (Å²) >= 11 is 0. The fraction of sp³-hybridized carbons (Fsp3) is 0.250. The van der Waals surface area contributed by atoms with Gasteiger partial charge in [0.05, 0.1) is 11.3 Å². The molecular weight excluding hydrogens is 526 g/mol. The largest absolute Gasteiger partial charge is 0.512 e. The molecule has 3 nitrogen and oxygen atoms in total. The van der Waals surface area contributed by atoms with Crippen molar-refractivity contribution in [1.82, 2.24) is 4.98 Å². The predicted molar refractivity (Wildman–Crippen MR) is 112 cm³/mol. The van der Waals surface area contributed by atoms with Crippen LogP contribution in [0, 0.1) is 19.9 Å². The van der Waals surface area contributed by atoms with Crippen LogP contribution in [0.25, 0.3) is 22.2 Å². The molecule has 0 atom stereocenters. The zero-order valence-corrected chi connectivity index (χ0v) is 19.4. The molecule has 0 unspecified atom stereocenters. The number of benzene rings is 2. The van der Waals surface area contributed by atoms with Gasteiger partial charge in [0, 0.05) is 31.6 Å². The first-order valence-corrected chi connectivity index (χ1v) is 9.07.